The number of nitrogens with zero attached hydrogens (tertiary/aromatic N) is 1. The molecule has 32 heavy (non-hydrogen) atoms. The van der Waals surface area contributed by atoms with Crippen LogP contribution < -0.4 is 20.1 Å². The van der Waals surface area contributed by atoms with E-state index < -0.39 is 23.4 Å². The van der Waals surface area contributed by atoms with Crippen molar-refractivity contribution in [3.8, 4) is 11.5 Å². The smallest absolute Gasteiger partial charge is 0.407 e. The Morgan fingerprint density at radius 2 is 1.22 bits per heavy atom. The molecule has 2 amide bonds. The van der Waals surface area contributed by atoms with Crippen LogP contribution in [-0.4, -0.2) is 56.4 Å². The first-order chi connectivity index (χ1) is 14.9. The highest BCUT2D eigenvalue weighted by Gasteiger charge is 2.16. The summed E-state index contributed by atoms with van der Waals surface area (Å²) in [5.74, 6) is 1.18. The SMILES string of the molecule is C=Nc1cc(OCCCNC(=O)OC(C)(C)C)cc(OCCCNC(=O)OC(C)(C)C)c1. The van der Waals surface area contributed by atoms with Gasteiger partial charge in [-0.25, -0.2) is 9.59 Å². The van der Waals surface area contributed by atoms with Crippen LogP contribution in [0.25, 0.3) is 0 Å². The second-order valence-electron chi connectivity index (χ2n) is 9.08. The maximum atomic E-state index is 11.6. The van der Waals surface area contributed by atoms with Crippen LogP contribution in [0.1, 0.15) is 54.4 Å². The molecule has 0 saturated carbocycles. The first-order valence-electron chi connectivity index (χ1n) is 10.7. The van der Waals surface area contributed by atoms with Gasteiger partial charge in [0.25, 0.3) is 0 Å². The number of carbonyl (C=O) groups is 2. The lowest BCUT2D eigenvalue weighted by Crippen LogP contribution is -2.33. The summed E-state index contributed by atoms with van der Waals surface area (Å²) in [5.41, 5.74) is -0.432. The van der Waals surface area contributed by atoms with E-state index in [1.807, 2.05) is 41.5 Å². The highest BCUT2D eigenvalue weighted by atomic mass is 16.6. The third-order valence-corrected chi connectivity index (χ3v) is 3.56. The van der Waals surface area contributed by atoms with Gasteiger partial charge in [0.2, 0.25) is 0 Å². The van der Waals surface area contributed by atoms with Crippen molar-refractivity contribution in [2.75, 3.05) is 26.3 Å². The molecule has 9 nitrogen and oxygen atoms in total. The fourth-order valence-electron chi connectivity index (χ4n) is 2.35. The Morgan fingerprint density at radius 3 is 1.56 bits per heavy atom. The van der Waals surface area contributed by atoms with Crippen molar-refractivity contribution >= 4 is 24.6 Å². The number of carbonyl (C=O) groups excluding carboxylic acids is 2. The molecule has 1 aromatic rings. The van der Waals surface area contributed by atoms with Crippen LogP contribution in [-0.2, 0) is 9.47 Å². The van der Waals surface area contributed by atoms with Gasteiger partial charge in [0.15, 0.2) is 0 Å². The number of alkyl carbamates (subject to hydrolysis) is 2. The van der Waals surface area contributed by atoms with Crippen molar-refractivity contribution in [2.24, 2.45) is 4.99 Å². The second-order valence-corrected chi connectivity index (χ2v) is 9.08. The van der Waals surface area contributed by atoms with Gasteiger partial charge in [-0.15, -0.1) is 0 Å². The van der Waals surface area contributed by atoms with Crippen LogP contribution in [0.5, 0.6) is 11.5 Å². The average molecular weight is 452 g/mol. The van der Waals surface area contributed by atoms with Gasteiger partial charge >= 0.3 is 12.2 Å². The van der Waals surface area contributed by atoms with Crippen LogP contribution in [0, 0.1) is 0 Å². The van der Waals surface area contributed by atoms with E-state index in [1.165, 1.54) is 0 Å². The molecule has 0 heterocycles. The van der Waals surface area contributed by atoms with E-state index in [2.05, 4.69) is 22.3 Å². The Morgan fingerprint density at radius 1 is 0.812 bits per heavy atom. The highest BCUT2D eigenvalue weighted by Crippen LogP contribution is 2.28. The second kappa shape index (κ2) is 12.8. The number of rotatable bonds is 11. The van der Waals surface area contributed by atoms with Gasteiger partial charge in [0, 0.05) is 31.3 Å². The number of aliphatic imine (C=N–C) groups is 1. The summed E-state index contributed by atoms with van der Waals surface area (Å²) < 4.78 is 21.8. The molecule has 0 spiro atoms. The van der Waals surface area contributed by atoms with Gasteiger partial charge in [0.1, 0.15) is 22.7 Å². The molecule has 0 radical (unpaired) electrons. The highest BCUT2D eigenvalue weighted by molar-refractivity contribution is 5.67. The molecule has 0 atom stereocenters. The maximum Gasteiger partial charge on any atom is 0.407 e. The quantitative estimate of drug-likeness (QED) is 0.376. The van der Waals surface area contributed by atoms with Gasteiger partial charge in [-0.05, 0) is 61.1 Å². The Labute approximate surface area is 190 Å². The van der Waals surface area contributed by atoms with E-state index >= 15 is 0 Å². The molecule has 2 N–H and O–H groups in total. The topological polar surface area (TPSA) is 107 Å². The minimum Gasteiger partial charge on any atom is -0.493 e. The van der Waals surface area contributed by atoms with Crippen LogP contribution in [0.15, 0.2) is 23.2 Å². The standard InChI is InChI=1S/C23H37N3O6/c1-22(2,3)31-20(27)25-10-8-12-29-18-14-17(24-7)15-19(16-18)30-13-9-11-26-21(28)32-23(4,5)6/h14-16H,7-13H2,1-6H3,(H,25,27)(H,26,28). The van der Waals surface area contributed by atoms with E-state index in [1.54, 1.807) is 18.2 Å². The molecule has 0 aromatic heterocycles. The molecular weight excluding hydrogens is 414 g/mol. The fraction of sp³-hybridized carbons (Fsp3) is 0.609. The average Bonchev–Trinajstić information content (AvgIpc) is 2.64. The Balaban J connectivity index is 2.37. The van der Waals surface area contributed by atoms with Crippen LogP contribution in [0.2, 0.25) is 0 Å². The van der Waals surface area contributed by atoms with Crippen molar-refractivity contribution in [3.05, 3.63) is 18.2 Å². The first kappa shape index (κ1) is 27.1. The zero-order chi connectivity index (χ0) is 24.2. The van der Waals surface area contributed by atoms with Gasteiger partial charge < -0.3 is 29.6 Å². The molecule has 0 aliphatic carbocycles. The third-order valence-electron chi connectivity index (χ3n) is 3.56. The van der Waals surface area contributed by atoms with Crippen molar-refractivity contribution in [3.63, 3.8) is 0 Å². The monoisotopic (exact) mass is 451 g/mol. The van der Waals surface area contributed by atoms with Crippen molar-refractivity contribution < 1.29 is 28.5 Å². The third kappa shape index (κ3) is 13.4. The molecule has 1 rings (SSSR count). The predicted molar refractivity (Wildman–Crippen MR) is 124 cm³/mol. The maximum absolute atomic E-state index is 11.6. The summed E-state index contributed by atoms with van der Waals surface area (Å²) in [6.07, 6.45) is 0.314. The lowest BCUT2D eigenvalue weighted by atomic mass is 10.2. The van der Waals surface area contributed by atoms with Gasteiger partial charge in [-0.3, -0.25) is 4.99 Å². The van der Waals surface area contributed by atoms with E-state index in [9.17, 15) is 9.59 Å². The number of ether oxygens (including phenoxy) is 4. The van der Waals surface area contributed by atoms with Gasteiger partial charge in [-0.2, -0.15) is 0 Å². The molecular formula is C23H37N3O6. The summed E-state index contributed by atoms with van der Waals surface area (Å²) in [6.45, 7) is 16.1. The number of benzene rings is 1. The van der Waals surface area contributed by atoms with E-state index in [0.29, 0.717) is 56.3 Å². The van der Waals surface area contributed by atoms with Crippen LogP contribution in [0.4, 0.5) is 15.3 Å². The van der Waals surface area contributed by atoms with Crippen LogP contribution >= 0.6 is 0 Å². The van der Waals surface area contributed by atoms with Crippen molar-refractivity contribution in [1.29, 1.82) is 0 Å². The minimum absolute atomic E-state index is 0.398. The molecule has 0 saturated heterocycles. The van der Waals surface area contributed by atoms with Gasteiger partial charge in [0.05, 0.1) is 18.9 Å². The molecule has 0 unspecified atom stereocenters. The Kier molecular flexibility index (Phi) is 10.8. The lowest BCUT2D eigenvalue weighted by Gasteiger charge is -2.19. The molecule has 0 fully saturated rings. The molecule has 9 heteroatoms. The molecule has 1 aromatic carbocycles. The summed E-state index contributed by atoms with van der Waals surface area (Å²) in [6, 6.07) is 5.27. The molecule has 0 bridgehead atoms. The summed E-state index contributed by atoms with van der Waals surface area (Å²) in [4.78, 5) is 27.2. The minimum atomic E-state index is -0.527. The zero-order valence-corrected chi connectivity index (χ0v) is 20.1. The summed E-state index contributed by atoms with van der Waals surface area (Å²) >= 11 is 0. The summed E-state index contributed by atoms with van der Waals surface area (Å²) in [5, 5.41) is 5.37. The fourth-order valence-corrected chi connectivity index (χ4v) is 2.35. The normalized spacial score (nSPS) is 11.3. The van der Waals surface area contributed by atoms with E-state index in [-0.39, 0.29) is 0 Å². The number of hydrogen-bond acceptors (Lipinski definition) is 7. The molecule has 0 aliphatic heterocycles. The van der Waals surface area contributed by atoms with E-state index in [4.69, 9.17) is 18.9 Å². The molecule has 180 valence electrons. The zero-order valence-electron chi connectivity index (χ0n) is 20.1. The van der Waals surface area contributed by atoms with Crippen LogP contribution in [0.3, 0.4) is 0 Å². The summed E-state index contributed by atoms with van der Waals surface area (Å²) in [7, 11) is 0. The van der Waals surface area contributed by atoms with Crippen molar-refractivity contribution in [2.45, 2.75) is 65.6 Å². The number of nitrogens with one attached hydrogen (secondary N) is 2. The molecule has 0 aliphatic rings. The predicted octanol–water partition coefficient (Wildman–Crippen LogP) is 4.61. The Bertz CT molecular complexity index is 697. The number of amides is 2. The Hall–Kier alpha value is -2.97. The lowest BCUT2D eigenvalue weighted by molar-refractivity contribution is 0.0514. The van der Waals surface area contributed by atoms with Crippen molar-refractivity contribution in [1.82, 2.24) is 10.6 Å². The largest absolute Gasteiger partial charge is 0.493 e. The number of hydrogen-bond donors (Lipinski definition) is 2. The van der Waals surface area contributed by atoms with E-state index in [0.717, 1.165) is 0 Å². The first-order valence-corrected chi connectivity index (χ1v) is 10.7. The van der Waals surface area contributed by atoms with Gasteiger partial charge in [-0.1, -0.05) is 0 Å².